The van der Waals surface area contributed by atoms with Crippen molar-refractivity contribution in [3.63, 3.8) is 0 Å². The van der Waals surface area contributed by atoms with Crippen molar-refractivity contribution in [2.45, 2.75) is 16.6 Å². The van der Waals surface area contributed by atoms with Gasteiger partial charge in [-0.1, -0.05) is 18.2 Å². The van der Waals surface area contributed by atoms with Crippen LogP contribution in [0.1, 0.15) is 15.9 Å². The smallest absolute Gasteiger partial charge is 0.338 e. The average molecular weight is 285 g/mol. The summed E-state index contributed by atoms with van der Waals surface area (Å²) in [4.78, 5) is 13.2. The Balaban J connectivity index is 1.56. The van der Waals surface area contributed by atoms with Gasteiger partial charge >= 0.3 is 5.97 Å². The number of carbonyl (C=O) groups is 1. The molecule has 4 heteroatoms. The van der Waals surface area contributed by atoms with Crippen LogP contribution in [0.5, 0.6) is 0 Å². The van der Waals surface area contributed by atoms with Crippen LogP contribution in [-0.2, 0) is 11.2 Å². The number of benzene rings is 2. The highest BCUT2D eigenvalue weighted by atomic mass is 32.2. The predicted octanol–water partition coefficient (Wildman–Crippen LogP) is 3.14. The molecule has 0 fully saturated rings. The van der Waals surface area contributed by atoms with Crippen LogP contribution < -0.4 is 5.73 Å². The van der Waals surface area contributed by atoms with E-state index in [4.69, 9.17) is 10.5 Å². The second-order valence-electron chi connectivity index (χ2n) is 4.77. The molecule has 1 aliphatic heterocycles. The normalized spacial score (nSPS) is 16.7. The van der Waals surface area contributed by atoms with Crippen molar-refractivity contribution < 1.29 is 9.53 Å². The summed E-state index contributed by atoms with van der Waals surface area (Å²) in [5, 5.41) is 0.310. The van der Waals surface area contributed by atoms with E-state index in [1.54, 1.807) is 36.0 Å². The average Bonchev–Trinajstić information content (AvgIpc) is 2.88. The van der Waals surface area contributed by atoms with E-state index < -0.39 is 0 Å². The molecule has 3 nitrogen and oxygen atoms in total. The van der Waals surface area contributed by atoms with E-state index in [2.05, 4.69) is 12.1 Å². The van der Waals surface area contributed by atoms with Gasteiger partial charge in [-0.2, -0.15) is 0 Å². The molecule has 0 aromatic heterocycles. The van der Waals surface area contributed by atoms with Crippen LogP contribution in [0.3, 0.4) is 0 Å². The molecule has 2 aromatic rings. The van der Waals surface area contributed by atoms with Crippen LogP contribution in [0, 0.1) is 0 Å². The molecule has 2 aromatic carbocycles. The highest BCUT2D eigenvalue weighted by molar-refractivity contribution is 8.00. The first kappa shape index (κ1) is 13.1. The first-order valence-electron chi connectivity index (χ1n) is 6.49. The van der Waals surface area contributed by atoms with Gasteiger partial charge in [0.25, 0.3) is 0 Å². The summed E-state index contributed by atoms with van der Waals surface area (Å²) in [5.74, 6) is -0.290. The zero-order chi connectivity index (χ0) is 13.9. The number of nitrogen functional groups attached to an aromatic ring is 1. The first-order chi connectivity index (χ1) is 9.72. The molecule has 0 saturated carbocycles. The molecule has 0 amide bonds. The van der Waals surface area contributed by atoms with E-state index in [-0.39, 0.29) is 5.97 Å². The molecule has 0 radical (unpaired) electrons. The van der Waals surface area contributed by atoms with Gasteiger partial charge in [-0.05, 0) is 42.3 Å². The van der Waals surface area contributed by atoms with Gasteiger partial charge in [-0.25, -0.2) is 4.79 Å². The molecular formula is C16H15NO2S. The van der Waals surface area contributed by atoms with Crippen LogP contribution >= 0.6 is 11.8 Å². The van der Waals surface area contributed by atoms with Gasteiger partial charge in [-0.3, -0.25) is 0 Å². The summed E-state index contributed by atoms with van der Waals surface area (Å²) in [6, 6.07) is 15.1. The molecule has 20 heavy (non-hydrogen) atoms. The maximum atomic E-state index is 11.9. The number of ether oxygens (including phenoxy) is 1. The maximum absolute atomic E-state index is 11.9. The van der Waals surface area contributed by atoms with Crippen molar-refractivity contribution in [2.24, 2.45) is 0 Å². The van der Waals surface area contributed by atoms with Crippen molar-refractivity contribution in [2.75, 3.05) is 12.3 Å². The van der Waals surface area contributed by atoms with Crippen LogP contribution in [0.4, 0.5) is 5.69 Å². The number of thioether (sulfide) groups is 1. The Labute approximate surface area is 122 Å². The molecule has 0 bridgehead atoms. The Bertz CT molecular complexity index is 600. The fraction of sp³-hybridized carbons (Fsp3) is 0.188. The molecule has 0 spiro atoms. The molecule has 0 saturated heterocycles. The molecular weight excluding hydrogens is 270 g/mol. The first-order valence-corrected chi connectivity index (χ1v) is 7.37. The number of fused-ring (bicyclic) bond motifs is 1. The molecule has 3 rings (SSSR count). The van der Waals surface area contributed by atoms with Crippen molar-refractivity contribution >= 4 is 23.4 Å². The minimum Gasteiger partial charge on any atom is -0.461 e. The van der Waals surface area contributed by atoms with Gasteiger partial charge in [0, 0.05) is 15.8 Å². The zero-order valence-electron chi connectivity index (χ0n) is 10.9. The third-order valence-electron chi connectivity index (χ3n) is 3.26. The van der Waals surface area contributed by atoms with E-state index in [9.17, 15) is 4.79 Å². The largest absolute Gasteiger partial charge is 0.461 e. The molecule has 2 N–H and O–H groups in total. The molecule has 1 unspecified atom stereocenters. The molecule has 1 aliphatic rings. The number of carbonyl (C=O) groups excluding carboxylic acids is 1. The fourth-order valence-electron chi connectivity index (χ4n) is 2.22. The zero-order valence-corrected chi connectivity index (χ0v) is 11.7. The highest BCUT2D eigenvalue weighted by Crippen LogP contribution is 2.36. The summed E-state index contributed by atoms with van der Waals surface area (Å²) in [6.07, 6.45) is 0.954. The quantitative estimate of drug-likeness (QED) is 0.695. The lowest BCUT2D eigenvalue weighted by Crippen LogP contribution is -2.15. The van der Waals surface area contributed by atoms with Crippen LogP contribution in [0.2, 0.25) is 0 Å². The Morgan fingerprint density at radius 1 is 1.20 bits per heavy atom. The van der Waals surface area contributed by atoms with Gasteiger partial charge in [-0.15, -0.1) is 11.8 Å². The standard InChI is InChI=1S/C16H15NO2S/c17-13-7-5-11(6-8-13)16(18)19-10-14-9-12-3-1-2-4-15(12)20-14/h1-8,14H,9-10,17H2. The number of hydrogen-bond acceptors (Lipinski definition) is 4. The van der Waals surface area contributed by atoms with E-state index in [1.165, 1.54) is 10.5 Å². The van der Waals surface area contributed by atoms with Gasteiger partial charge in [0.05, 0.1) is 5.56 Å². The summed E-state index contributed by atoms with van der Waals surface area (Å²) in [5.41, 5.74) is 8.12. The Hall–Kier alpha value is -1.94. The van der Waals surface area contributed by atoms with Crippen LogP contribution in [-0.4, -0.2) is 17.8 Å². The number of hydrogen-bond donors (Lipinski definition) is 1. The fourth-order valence-corrected chi connectivity index (χ4v) is 3.44. The second kappa shape index (κ2) is 5.59. The Morgan fingerprint density at radius 2 is 1.95 bits per heavy atom. The van der Waals surface area contributed by atoms with Gasteiger partial charge < -0.3 is 10.5 Å². The minimum absolute atomic E-state index is 0.290. The lowest BCUT2D eigenvalue weighted by Gasteiger charge is -2.09. The number of nitrogens with two attached hydrogens (primary N) is 1. The van der Waals surface area contributed by atoms with E-state index in [0.717, 1.165) is 6.42 Å². The minimum atomic E-state index is -0.290. The van der Waals surface area contributed by atoms with Crippen LogP contribution in [0.15, 0.2) is 53.4 Å². The maximum Gasteiger partial charge on any atom is 0.338 e. The lowest BCUT2D eigenvalue weighted by molar-refractivity contribution is 0.0507. The SMILES string of the molecule is Nc1ccc(C(=O)OCC2Cc3ccccc3S2)cc1. The number of anilines is 1. The molecule has 1 heterocycles. The van der Waals surface area contributed by atoms with Crippen LogP contribution in [0.25, 0.3) is 0 Å². The summed E-state index contributed by atoms with van der Waals surface area (Å²) < 4.78 is 5.38. The monoisotopic (exact) mass is 285 g/mol. The molecule has 102 valence electrons. The third kappa shape index (κ3) is 2.80. The Morgan fingerprint density at radius 3 is 2.70 bits per heavy atom. The van der Waals surface area contributed by atoms with E-state index >= 15 is 0 Å². The molecule has 0 aliphatic carbocycles. The number of esters is 1. The summed E-state index contributed by atoms with van der Waals surface area (Å²) >= 11 is 1.78. The van der Waals surface area contributed by atoms with Crippen molar-refractivity contribution in [3.05, 3.63) is 59.7 Å². The highest BCUT2D eigenvalue weighted by Gasteiger charge is 2.23. The van der Waals surface area contributed by atoms with Crippen molar-refractivity contribution in [3.8, 4) is 0 Å². The third-order valence-corrected chi connectivity index (χ3v) is 4.55. The van der Waals surface area contributed by atoms with Gasteiger partial charge in [0.15, 0.2) is 0 Å². The number of rotatable bonds is 3. The van der Waals surface area contributed by atoms with E-state index in [0.29, 0.717) is 23.1 Å². The Kier molecular flexibility index (Phi) is 3.65. The van der Waals surface area contributed by atoms with Gasteiger partial charge in [0.2, 0.25) is 0 Å². The summed E-state index contributed by atoms with van der Waals surface area (Å²) in [6.45, 7) is 0.433. The summed E-state index contributed by atoms with van der Waals surface area (Å²) in [7, 11) is 0. The molecule has 1 atom stereocenters. The van der Waals surface area contributed by atoms with E-state index in [1.807, 2.05) is 12.1 Å². The van der Waals surface area contributed by atoms with Crippen molar-refractivity contribution in [1.29, 1.82) is 0 Å². The topological polar surface area (TPSA) is 52.3 Å². The van der Waals surface area contributed by atoms with Gasteiger partial charge in [0.1, 0.15) is 6.61 Å². The predicted molar refractivity (Wildman–Crippen MR) is 80.9 cm³/mol. The van der Waals surface area contributed by atoms with Crippen molar-refractivity contribution in [1.82, 2.24) is 0 Å². The lowest BCUT2D eigenvalue weighted by atomic mass is 10.1. The second-order valence-corrected chi connectivity index (χ2v) is 6.11.